The molecule has 3 nitrogen and oxygen atoms in total. The second-order valence-electron chi connectivity index (χ2n) is 2.98. The van der Waals surface area contributed by atoms with Gasteiger partial charge in [0.15, 0.2) is 0 Å². The average molecular weight is 264 g/mol. The number of hydrogen-bond acceptors (Lipinski definition) is 2. The maximum Gasteiger partial charge on any atom is 0.258 e. The lowest BCUT2D eigenvalue weighted by Gasteiger charge is -1.94. The predicted octanol–water partition coefficient (Wildman–Crippen LogP) is 1.32. The molecule has 74 valence electrons. The van der Waals surface area contributed by atoms with Gasteiger partial charge in [-0.2, -0.15) is 0 Å². The molecule has 0 fully saturated rings. The van der Waals surface area contributed by atoms with Crippen LogP contribution < -0.4 is 5.32 Å². The molecule has 1 N–H and O–H groups in total. The van der Waals surface area contributed by atoms with Crippen LogP contribution in [0.2, 0.25) is 0 Å². The van der Waals surface area contributed by atoms with Gasteiger partial charge in [-0.25, -0.2) is 0 Å². The largest absolute Gasteiger partial charge is 0.288 e. The lowest BCUT2D eigenvalue weighted by molar-refractivity contribution is 0.0879. The van der Waals surface area contributed by atoms with Crippen LogP contribution in [0.1, 0.15) is 26.3 Å². The van der Waals surface area contributed by atoms with E-state index in [0.29, 0.717) is 16.5 Å². The molecule has 1 aliphatic rings. The van der Waals surface area contributed by atoms with Gasteiger partial charge in [-0.15, -0.1) is 0 Å². The van der Waals surface area contributed by atoms with Crippen LogP contribution in [0.5, 0.6) is 0 Å². The molecule has 4 heteroatoms. The molecule has 15 heavy (non-hydrogen) atoms. The van der Waals surface area contributed by atoms with Crippen LogP contribution in [0.3, 0.4) is 0 Å². The number of nitrogens with one attached hydrogen (secondary N) is 1. The van der Waals surface area contributed by atoms with Crippen molar-refractivity contribution in [2.75, 3.05) is 5.33 Å². The first-order valence-electron chi connectivity index (χ1n) is 4.27. The fourth-order valence-electron chi connectivity index (χ4n) is 1.38. The van der Waals surface area contributed by atoms with Gasteiger partial charge in [-0.05, 0) is 18.2 Å². The van der Waals surface area contributed by atoms with Crippen LogP contribution in [0, 0.1) is 11.8 Å². The third-order valence-corrected chi connectivity index (χ3v) is 2.32. The summed E-state index contributed by atoms with van der Waals surface area (Å²) in [5, 5.41) is 2.81. The molecule has 0 spiro atoms. The summed E-state index contributed by atoms with van der Waals surface area (Å²) in [6.07, 6.45) is 0. The SMILES string of the molecule is O=C1NC(=O)c2cc(C#CCBr)ccc21. The summed E-state index contributed by atoms with van der Waals surface area (Å²) in [7, 11) is 0. The minimum Gasteiger partial charge on any atom is -0.288 e. The first-order valence-corrected chi connectivity index (χ1v) is 5.39. The highest BCUT2D eigenvalue weighted by Gasteiger charge is 2.26. The van der Waals surface area contributed by atoms with E-state index in [1.165, 1.54) is 0 Å². The molecule has 0 unspecified atom stereocenters. The zero-order chi connectivity index (χ0) is 10.8. The van der Waals surface area contributed by atoms with Crippen molar-refractivity contribution in [3.05, 3.63) is 34.9 Å². The van der Waals surface area contributed by atoms with Gasteiger partial charge < -0.3 is 0 Å². The van der Waals surface area contributed by atoms with Crippen molar-refractivity contribution in [1.29, 1.82) is 0 Å². The minimum absolute atomic E-state index is 0.338. The fourth-order valence-corrected chi connectivity index (χ4v) is 1.52. The van der Waals surface area contributed by atoms with Crippen LogP contribution in [0.15, 0.2) is 18.2 Å². The molecule has 0 saturated carbocycles. The minimum atomic E-state index is -0.350. The number of imide groups is 1. The van der Waals surface area contributed by atoms with Gasteiger partial charge in [-0.1, -0.05) is 27.8 Å². The number of amides is 2. The molecule has 2 amide bonds. The predicted molar refractivity (Wildman–Crippen MR) is 58.9 cm³/mol. The van der Waals surface area contributed by atoms with E-state index in [-0.39, 0.29) is 11.8 Å². The fraction of sp³-hybridized carbons (Fsp3) is 0.0909. The second-order valence-corrected chi connectivity index (χ2v) is 3.54. The second kappa shape index (κ2) is 3.87. The van der Waals surface area contributed by atoms with Gasteiger partial charge in [0.25, 0.3) is 11.8 Å². The quantitative estimate of drug-likeness (QED) is 0.436. The third kappa shape index (κ3) is 1.79. The van der Waals surface area contributed by atoms with Gasteiger partial charge >= 0.3 is 0 Å². The van der Waals surface area contributed by atoms with Crippen LogP contribution in [-0.4, -0.2) is 17.1 Å². The van der Waals surface area contributed by atoms with Crippen molar-refractivity contribution in [2.45, 2.75) is 0 Å². The van der Waals surface area contributed by atoms with E-state index >= 15 is 0 Å². The summed E-state index contributed by atoms with van der Waals surface area (Å²) in [5.41, 5.74) is 1.56. The zero-order valence-electron chi connectivity index (χ0n) is 7.63. The summed E-state index contributed by atoms with van der Waals surface area (Å²) in [6.45, 7) is 0. The highest BCUT2D eigenvalue weighted by atomic mass is 79.9. The summed E-state index contributed by atoms with van der Waals surface area (Å²) >= 11 is 3.18. The van der Waals surface area contributed by atoms with Gasteiger partial charge in [0.05, 0.1) is 16.5 Å². The molecule has 1 aromatic rings. The van der Waals surface area contributed by atoms with Gasteiger partial charge in [0.1, 0.15) is 0 Å². The highest BCUT2D eigenvalue weighted by molar-refractivity contribution is 9.09. The Morgan fingerprint density at radius 3 is 2.67 bits per heavy atom. The first-order chi connectivity index (χ1) is 7.22. The molecule has 0 saturated heterocycles. The monoisotopic (exact) mass is 263 g/mol. The zero-order valence-corrected chi connectivity index (χ0v) is 9.22. The summed E-state index contributed by atoms with van der Waals surface area (Å²) < 4.78 is 0. The van der Waals surface area contributed by atoms with E-state index in [0.717, 1.165) is 5.56 Å². The molecule has 1 aliphatic heterocycles. The molecule has 1 heterocycles. The van der Waals surface area contributed by atoms with Crippen molar-refractivity contribution >= 4 is 27.7 Å². The van der Waals surface area contributed by atoms with Crippen LogP contribution in [-0.2, 0) is 0 Å². The van der Waals surface area contributed by atoms with Gasteiger partial charge in [-0.3, -0.25) is 14.9 Å². The van der Waals surface area contributed by atoms with E-state index in [1.54, 1.807) is 18.2 Å². The Balaban J connectivity index is 2.47. The van der Waals surface area contributed by atoms with Gasteiger partial charge in [0, 0.05) is 5.56 Å². The maximum absolute atomic E-state index is 11.3. The van der Waals surface area contributed by atoms with Crippen molar-refractivity contribution in [1.82, 2.24) is 5.32 Å². The number of alkyl halides is 1. The Bertz CT molecular complexity index is 511. The third-order valence-electron chi connectivity index (χ3n) is 2.04. The highest BCUT2D eigenvalue weighted by Crippen LogP contribution is 2.16. The number of benzene rings is 1. The maximum atomic E-state index is 11.3. The molecular weight excluding hydrogens is 258 g/mol. The summed E-state index contributed by atoms with van der Waals surface area (Å²) in [5.74, 6) is 5.02. The Labute approximate surface area is 95.0 Å². The Morgan fingerprint density at radius 1 is 1.20 bits per heavy atom. The normalized spacial score (nSPS) is 12.9. The molecule has 0 bridgehead atoms. The lowest BCUT2D eigenvalue weighted by atomic mass is 10.1. The Hall–Kier alpha value is -1.60. The van der Waals surface area contributed by atoms with Crippen molar-refractivity contribution < 1.29 is 9.59 Å². The molecule has 2 rings (SSSR count). The van der Waals surface area contributed by atoms with Crippen molar-refractivity contribution in [2.24, 2.45) is 0 Å². The number of halogens is 1. The van der Waals surface area contributed by atoms with E-state index in [9.17, 15) is 9.59 Å². The molecule has 0 aromatic heterocycles. The number of carbonyl (C=O) groups excluding carboxylic acids is 2. The topological polar surface area (TPSA) is 46.2 Å². The average Bonchev–Trinajstić information content (AvgIpc) is 2.52. The van der Waals surface area contributed by atoms with E-state index in [2.05, 4.69) is 33.1 Å². The smallest absolute Gasteiger partial charge is 0.258 e. The van der Waals surface area contributed by atoms with Crippen LogP contribution in [0.25, 0.3) is 0 Å². The van der Waals surface area contributed by atoms with Crippen LogP contribution in [0.4, 0.5) is 0 Å². The number of hydrogen-bond donors (Lipinski definition) is 1. The Kier molecular flexibility index (Phi) is 2.57. The number of rotatable bonds is 0. The molecular formula is C11H6BrNO2. The van der Waals surface area contributed by atoms with E-state index in [4.69, 9.17) is 0 Å². The summed E-state index contributed by atoms with van der Waals surface area (Å²) in [6, 6.07) is 4.98. The number of fused-ring (bicyclic) bond motifs is 1. The first kappa shape index (κ1) is 9.94. The Morgan fingerprint density at radius 2 is 1.93 bits per heavy atom. The van der Waals surface area contributed by atoms with Gasteiger partial charge in [0.2, 0.25) is 0 Å². The molecule has 0 aliphatic carbocycles. The molecule has 0 atom stereocenters. The molecule has 0 radical (unpaired) electrons. The summed E-state index contributed by atoms with van der Waals surface area (Å²) in [4.78, 5) is 22.5. The molecule has 1 aromatic carbocycles. The standard InChI is InChI=1S/C11H6BrNO2/c12-5-1-2-7-3-4-8-9(6-7)11(15)13-10(8)14/h3-4,6H,5H2,(H,13,14,15). The van der Waals surface area contributed by atoms with Crippen molar-refractivity contribution in [3.8, 4) is 11.8 Å². The van der Waals surface area contributed by atoms with E-state index < -0.39 is 0 Å². The number of carbonyl (C=O) groups is 2. The van der Waals surface area contributed by atoms with E-state index in [1.807, 2.05) is 0 Å². The van der Waals surface area contributed by atoms with Crippen LogP contribution >= 0.6 is 15.9 Å². The lowest BCUT2D eigenvalue weighted by Crippen LogP contribution is -2.19. The van der Waals surface area contributed by atoms with Crippen molar-refractivity contribution in [3.63, 3.8) is 0 Å².